The molecule has 2 fully saturated rings. The zero-order valence-corrected chi connectivity index (χ0v) is 41.9. The standard InChI is InChI=1S/C61H63BrO10/c62-60-58(68-41-50-32-18-6-19-33-50)57(67-40-49-30-16-5-17-31-49)55(53(70-60)44-64-37-46-24-10-2-11-25-46)72-61-59(69-42-51-34-20-7-21-35-51)56(66-39-48-28-14-4-15-29-48)54(65-38-47-26-12-3-13-27-47)52(71-61)43-63-36-45-22-8-1-9-23-45/h1-35,52-61H,36-44H2/t52-,53-,54+,55-,56+,57+,58-,59-,60-,61+/m1/s1. The summed E-state index contributed by atoms with van der Waals surface area (Å²) >= 11 is 3.89. The lowest BCUT2D eigenvalue weighted by Crippen LogP contribution is -2.65. The summed E-state index contributed by atoms with van der Waals surface area (Å²) in [6.45, 7) is 2.46. The van der Waals surface area contributed by atoms with Crippen molar-refractivity contribution in [3.8, 4) is 0 Å². The van der Waals surface area contributed by atoms with E-state index in [0.717, 1.165) is 38.9 Å². The first kappa shape index (κ1) is 51.5. The van der Waals surface area contributed by atoms with Gasteiger partial charge in [0.1, 0.15) is 53.8 Å². The van der Waals surface area contributed by atoms with Gasteiger partial charge in [0.15, 0.2) is 6.29 Å². The highest BCUT2D eigenvalue weighted by atomic mass is 79.9. The van der Waals surface area contributed by atoms with Crippen molar-refractivity contribution in [1.82, 2.24) is 0 Å². The Labute approximate surface area is 432 Å². The molecule has 2 heterocycles. The summed E-state index contributed by atoms with van der Waals surface area (Å²) in [6, 6.07) is 70.6. The van der Waals surface area contributed by atoms with Crippen molar-refractivity contribution in [3.05, 3.63) is 251 Å². The predicted octanol–water partition coefficient (Wildman–Crippen LogP) is 11.6. The molecule has 374 valence electrons. The zero-order valence-electron chi connectivity index (χ0n) is 40.3. The Balaban J connectivity index is 1.10. The van der Waals surface area contributed by atoms with Gasteiger partial charge in [0.25, 0.3) is 0 Å². The highest BCUT2D eigenvalue weighted by Crippen LogP contribution is 2.38. The van der Waals surface area contributed by atoms with Gasteiger partial charge in [0.05, 0.1) is 59.5 Å². The van der Waals surface area contributed by atoms with Crippen LogP contribution in [0.1, 0.15) is 38.9 Å². The van der Waals surface area contributed by atoms with Gasteiger partial charge < -0.3 is 47.4 Å². The van der Waals surface area contributed by atoms with Gasteiger partial charge in [0.2, 0.25) is 0 Å². The Morgan fingerprint density at radius 2 is 0.569 bits per heavy atom. The number of benzene rings is 7. The van der Waals surface area contributed by atoms with Gasteiger partial charge in [-0.15, -0.1) is 0 Å². The van der Waals surface area contributed by atoms with Crippen molar-refractivity contribution in [2.24, 2.45) is 0 Å². The van der Waals surface area contributed by atoms with E-state index in [-0.39, 0.29) is 33.0 Å². The van der Waals surface area contributed by atoms with Crippen LogP contribution in [0.3, 0.4) is 0 Å². The molecule has 7 aromatic carbocycles. The number of hydrogen-bond acceptors (Lipinski definition) is 10. The van der Waals surface area contributed by atoms with Crippen LogP contribution in [0.4, 0.5) is 0 Å². The predicted molar refractivity (Wildman–Crippen MR) is 278 cm³/mol. The van der Waals surface area contributed by atoms with E-state index in [1.165, 1.54) is 0 Å². The number of hydrogen-bond donors (Lipinski definition) is 0. The molecule has 0 spiro atoms. The van der Waals surface area contributed by atoms with Gasteiger partial charge in [-0.1, -0.05) is 228 Å². The Morgan fingerprint density at radius 3 is 0.931 bits per heavy atom. The van der Waals surface area contributed by atoms with Gasteiger partial charge >= 0.3 is 0 Å². The molecule has 0 aliphatic carbocycles. The third kappa shape index (κ3) is 15.1. The molecule has 10 atom stereocenters. The van der Waals surface area contributed by atoms with Crippen LogP contribution in [-0.2, 0) is 93.6 Å². The van der Waals surface area contributed by atoms with Crippen molar-refractivity contribution in [2.75, 3.05) is 13.2 Å². The molecule has 7 aromatic rings. The molecule has 0 N–H and O–H groups in total. The van der Waals surface area contributed by atoms with Crippen LogP contribution in [0.2, 0.25) is 0 Å². The monoisotopic (exact) mass is 1030 g/mol. The summed E-state index contributed by atoms with van der Waals surface area (Å²) in [5.41, 5.74) is 7.04. The lowest BCUT2D eigenvalue weighted by molar-refractivity contribution is -0.359. The summed E-state index contributed by atoms with van der Waals surface area (Å²) in [5.74, 6) is 0. The van der Waals surface area contributed by atoms with Gasteiger partial charge in [-0.2, -0.15) is 0 Å². The van der Waals surface area contributed by atoms with E-state index in [2.05, 4.69) is 15.9 Å². The summed E-state index contributed by atoms with van der Waals surface area (Å²) in [7, 11) is 0. The van der Waals surface area contributed by atoms with Crippen LogP contribution in [0.5, 0.6) is 0 Å². The first-order valence-corrected chi connectivity index (χ1v) is 25.7. The molecule has 2 aliphatic rings. The average Bonchev–Trinajstić information content (AvgIpc) is 3.43. The van der Waals surface area contributed by atoms with Gasteiger partial charge in [-0.3, -0.25) is 0 Å². The van der Waals surface area contributed by atoms with E-state index in [4.69, 9.17) is 47.4 Å². The van der Waals surface area contributed by atoms with E-state index in [1.54, 1.807) is 0 Å². The fourth-order valence-electron chi connectivity index (χ4n) is 8.94. The van der Waals surface area contributed by atoms with Crippen molar-refractivity contribution >= 4 is 15.9 Å². The van der Waals surface area contributed by atoms with Crippen LogP contribution in [0, 0.1) is 0 Å². The van der Waals surface area contributed by atoms with Crippen LogP contribution >= 0.6 is 15.9 Å². The minimum absolute atomic E-state index is 0.163. The van der Waals surface area contributed by atoms with Gasteiger partial charge in [0, 0.05) is 0 Å². The number of halogens is 1. The second-order valence-electron chi connectivity index (χ2n) is 18.0. The fraction of sp³-hybridized carbons (Fsp3) is 0.311. The fourth-order valence-corrected chi connectivity index (χ4v) is 9.67. The van der Waals surface area contributed by atoms with E-state index in [0.29, 0.717) is 26.4 Å². The summed E-state index contributed by atoms with van der Waals surface area (Å²) < 4.78 is 69.7. The van der Waals surface area contributed by atoms with Gasteiger partial charge in [-0.25, -0.2) is 0 Å². The molecule has 9 rings (SSSR count). The van der Waals surface area contributed by atoms with Crippen LogP contribution in [0.25, 0.3) is 0 Å². The van der Waals surface area contributed by atoms with Crippen LogP contribution < -0.4 is 0 Å². The van der Waals surface area contributed by atoms with Crippen molar-refractivity contribution in [2.45, 2.75) is 106 Å². The zero-order chi connectivity index (χ0) is 49.0. The van der Waals surface area contributed by atoms with Crippen LogP contribution in [0.15, 0.2) is 212 Å². The lowest BCUT2D eigenvalue weighted by atomic mass is 9.96. The molecule has 2 aliphatic heterocycles. The molecule has 0 unspecified atom stereocenters. The largest absolute Gasteiger partial charge is 0.374 e. The second-order valence-corrected chi connectivity index (χ2v) is 18.9. The summed E-state index contributed by atoms with van der Waals surface area (Å²) in [5, 5.41) is -0.596. The van der Waals surface area contributed by atoms with E-state index >= 15 is 0 Å². The minimum Gasteiger partial charge on any atom is -0.374 e. The SMILES string of the molecule is Br[C@@H]1O[C@H](COCc2ccccc2)[C@@H](O[C@@H]2O[C@H](COCc3ccccc3)[C@H](OCc3ccccc3)[C@H](OCc3ccccc3)[C@H]2OCc2ccccc2)[C@H](OCc2ccccc2)[C@H]1OCc1ccccc1. The molecule has 0 saturated carbocycles. The molecule has 0 aromatic heterocycles. The topological polar surface area (TPSA) is 92.3 Å². The second kappa shape index (κ2) is 27.6. The number of rotatable bonds is 25. The first-order valence-electron chi connectivity index (χ1n) is 24.7. The molecule has 0 bridgehead atoms. The molecule has 11 heteroatoms. The maximum Gasteiger partial charge on any atom is 0.187 e. The molecular formula is C61H63BrO10. The maximum atomic E-state index is 7.50. The smallest absolute Gasteiger partial charge is 0.187 e. The number of alkyl halides is 1. The normalized spacial score (nSPS) is 24.2. The highest BCUT2D eigenvalue weighted by Gasteiger charge is 2.54. The third-order valence-corrected chi connectivity index (χ3v) is 13.4. The Kier molecular flexibility index (Phi) is 19.8. The van der Waals surface area contributed by atoms with Crippen LogP contribution in [-0.4, -0.2) is 73.3 Å². The molecule has 72 heavy (non-hydrogen) atoms. The number of ether oxygens (including phenoxy) is 10. The highest BCUT2D eigenvalue weighted by molar-refractivity contribution is 9.09. The summed E-state index contributed by atoms with van der Waals surface area (Å²) in [6.07, 6.45) is -6.83. The maximum absolute atomic E-state index is 7.50. The molecule has 0 amide bonds. The Morgan fingerprint density at radius 1 is 0.292 bits per heavy atom. The third-order valence-electron chi connectivity index (χ3n) is 12.7. The van der Waals surface area contributed by atoms with Gasteiger partial charge in [-0.05, 0) is 38.9 Å². The Hall–Kier alpha value is -5.38. The Bertz CT molecular complexity index is 2550. The summed E-state index contributed by atoms with van der Waals surface area (Å²) in [4.78, 5) is 0. The molecule has 0 radical (unpaired) electrons. The van der Waals surface area contributed by atoms with Crippen molar-refractivity contribution < 1.29 is 47.4 Å². The van der Waals surface area contributed by atoms with E-state index in [1.807, 2.05) is 212 Å². The first-order chi connectivity index (χ1) is 35.6. The van der Waals surface area contributed by atoms with E-state index in [9.17, 15) is 0 Å². The quantitative estimate of drug-likeness (QED) is 0.0515. The van der Waals surface area contributed by atoms with E-state index < -0.39 is 60.1 Å². The average molecular weight is 1040 g/mol. The van der Waals surface area contributed by atoms with Crippen molar-refractivity contribution in [3.63, 3.8) is 0 Å². The molecule has 2 saturated heterocycles. The molecule has 10 nitrogen and oxygen atoms in total. The minimum atomic E-state index is -1.06. The lowest BCUT2D eigenvalue weighted by Gasteiger charge is -2.50. The molecular weight excluding hydrogens is 973 g/mol. The van der Waals surface area contributed by atoms with Crippen molar-refractivity contribution in [1.29, 1.82) is 0 Å².